The Kier molecular flexibility index (Phi) is 9.03. The fourth-order valence-electron chi connectivity index (χ4n) is 1.44. The zero-order valence-electron chi connectivity index (χ0n) is 10.9. The fraction of sp³-hybridized carbons (Fsp3) is 0.143. The molecule has 0 heterocycles. The van der Waals surface area contributed by atoms with E-state index in [1.165, 1.54) is 48.6 Å². The summed E-state index contributed by atoms with van der Waals surface area (Å²) in [5, 5.41) is 20.3. The molecule has 6 nitrogen and oxygen atoms in total. The third-order valence-corrected chi connectivity index (χ3v) is 2.47. The first-order chi connectivity index (χ1) is 9.43. The summed E-state index contributed by atoms with van der Waals surface area (Å²) in [6.07, 6.45) is 11.1. The summed E-state index contributed by atoms with van der Waals surface area (Å²) in [6.45, 7) is 0. The first kappa shape index (κ1) is 19.7. The number of ketones is 2. The van der Waals surface area contributed by atoms with Gasteiger partial charge in [0.15, 0.2) is 11.6 Å². The van der Waals surface area contributed by atoms with Gasteiger partial charge in [-0.25, -0.2) is 0 Å². The van der Waals surface area contributed by atoms with Crippen LogP contribution in [0.5, 0.6) is 0 Å². The maximum absolute atomic E-state index is 10.7. The van der Waals surface area contributed by atoms with E-state index in [2.05, 4.69) is 0 Å². The van der Waals surface area contributed by atoms with Gasteiger partial charge in [0.25, 0.3) is 0 Å². The van der Waals surface area contributed by atoms with E-state index in [4.69, 9.17) is 0 Å². The van der Waals surface area contributed by atoms with Gasteiger partial charge in [0, 0.05) is 0 Å². The minimum Gasteiger partial charge on any atom is -0.549 e. The van der Waals surface area contributed by atoms with Crippen molar-refractivity contribution in [3.63, 3.8) is 0 Å². The van der Waals surface area contributed by atoms with Crippen LogP contribution < -0.4 is 10.2 Å². The molecule has 0 aromatic heterocycles. The minimum absolute atomic E-state index is 0. The zero-order valence-corrected chi connectivity index (χ0v) is 14.4. The average Bonchev–Trinajstić information content (AvgIpc) is 2.40. The van der Waals surface area contributed by atoms with Gasteiger partial charge in [0.1, 0.15) is 0 Å². The molecule has 0 aromatic rings. The van der Waals surface area contributed by atoms with E-state index in [9.17, 15) is 29.4 Å². The van der Waals surface area contributed by atoms with E-state index in [1.807, 2.05) is 0 Å². The van der Waals surface area contributed by atoms with Gasteiger partial charge < -0.3 is 19.8 Å². The molecule has 104 valence electrons. The van der Waals surface area contributed by atoms with Gasteiger partial charge in [0.2, 0.25) is 0 Å². The van der Waals surface area contributed by atoms with Crippen LogP contribution in [0.1, 0.15) is 0 Å². The number of carboxylic acid groups (broad SMARTS) is 2. The number of hydrogen-bond donors (Lipinski definition) is 0. The van der Waals surface area contributed by atoms with Crippen LogP contribution in [0, 0.1) is 11.8 Å². The Balaban J connectivity index is 0.000000364. The van der Waals surface area contributed by atoms with E-state index < -0.39 is 35.3 Å². The van der Waals surface area contributed by atoms with Crippen LogP contribution in [0.3, 0.4) is 0 Å². The summed E-state index contributed by atoms with van der Waals surface area (Å²) in [7, 11) is 0. The van der Waals surface area contributed by atoms with Crippen LogP contribution in [-0.2, 0) is 19.2 Å². The second kappa shape index (κ2) is 9.62. The van der Waals surface area contributed by atoms with Gasteiger partial charge in [-0.05, 0) is 12.2 Å². The molecule has 0 saturated carbocycles. The standard InChI is InChI=1S/2C7H6O3.Sr/c2*8-6-4-2-1-3-5(6)7(9)10;/h2*1-5H,(H,9,10);/q;;+2/p-2. The van der Waals surface area contributed by atoms with Crippen LogP contribution in [0.4, 0.5) is 0 Å². The molecule has 0 bridgehead atoms. The largest absolute Gasteiger partial charge is 2.00 e. The Morgan fingerprint density at radius 2 is 1.10 bits per heavy atom. The number of rotatable bonds is 2. The molecular formula is C14H10O6Sr. The molecular weight excluding hydrogens is 352 g/mol. The van der Waals surface area contributed by atoms with Crippen molar-refractivity contribution in [2.75, 3.05) is 0 Å². The van der Waals surface area contributed by atoms with E-state index >= 15 is 0 Å². The second-order valence-corrected chi connectivity index (χ2v) is 3.89. The molecule has 0 saturated heterocycles. The summed E-state index contributed by atoms with van der Waals surface area (Å²) >= 11 is 0. The number of hydrogen-bond acceptors (Lipinski definition) is 6. The summed E-state index contributed by atoms with van der Waals surface area (Å²) in [5.74, 6) is -5.70. The quantitative estimate of drug-likeness (QED) is 0.404. The fourth-order valence-corrected chi connectivity index (χ4v) is 1.44. The predicted octanol–water partition coefficient (Wildman–Crippen LogP) is -2.29. The van der Waals surface area contributed by atoms with E-state index in [-0.39, 0.29) is 45.5 Å². The van der Waals surface area contributed by atoms with Crippen molar-refractivity contribution in [2.24, 2.45) is 11.8 Å². The SMILES string of the molecule is O=C([O-])C1C=CC=CC1=O.O=C([O-])C1C=CC=CC1=O.[Sr+2]. The van der Waals surface area contributed by atoms with Crippen molar-refractivity contribution in [1.82, 2.24) is 0 Å². The Hall–Kier alpha value is -1.28. The molecule has 0 N–H and O–H groups in total. The Morgan fingerprint density at radius 1 is 0.762 bits per heavy atom. The third-order valence-electron chi connectivity index (χ3n) is 2.47. The van der Waals surface area contributed by atoms with E-state index in [0.29, 0.717) is 0 Å². The first-order valence-electron chi connectivity index (χ1n) is 5.62. The third kappa shape index (κ3) is 6.35. The number of aliphatic carboxylic acids is 2. The topological polar surface area (TPSA) is 114 Å². The zero-order chi connectivity index (χ0) is 15.1. The van der Waals surface area contributed by atoms with Crippen LogP contribution in [-0.4, -0.2) is 69.0 Å². The molecule has 0 spiro atoms. The predicted molar refractivity (Wildman–Crippen MR) is 69.3 cm³/mol. The van der Waals surface area contributed by atoms with Gasteiger partial charge >= 0.3 is 45.5 Å². The van der Waals surface area contributed by atoms with Crippen molar-refractivity contribution in [3.8, 4) is 0 Å². The summed E-state index contributed by atoms with van der Waals surface area (Å²) in [4.78, 5) is 41.6. The number of carbonyl (C=O) groups is 4. The summed E-state index contributed by atoms with van der Waals surface area (Å²) < 4.78 is 0. The van der Waals surface area contributed by atoms with E-state index in [0.717, 1.165) is 0 Å². The summed E-state index contributed by atoms with van der Waals surface area (Å²) in [6, 6.07) is 0. The van der Waals surface area contributed by atoms with E-state index in [1.54, 1.807) is 0 Å². The van der Waals surface area contributed by atoms with Crippen molar-refractivity contribution < 1.29 is 29.4 Å². The van der Waals surface area contributed by atoms with Crippen LogP contribution in [0.25, 0.3) is 0 Å². The smallest absolute Gasteiger partial charge is 0.549 e. The molecule has 2 rings (SSSR count). The molecule has 0 aromatic carbocycles. The number of carbonyl (C=O) groups excluding carboxylic acids is 4. The van der Waals surface area contributed by atoms with Crippen LogP contribution in [0.2, 0.25) is 0 Å². The molecule has 7 heteroatoms. The number of carboxylic acids is 2. The maximum Gasteiger partial charge on any atom is 2.00 e. The first-order valence-corrected chi connectivity index (χ1v) is 5.62. The maximum atomic E-state index is 10.7. The Labute approximate surface area is 157 Å². The van der Waals surface area contributed by atoms with Crippen molar-refractivity contribution in [1.29, 1.82) is 0 Å². The number of allylic oxidation sites excluding steroid dienone is 6. The molecule has 21 heavy (non-hydrogen) atoms. The minimum atomic E-state index is -1.34. The summed E-state index contributed by atoms with van der Waals surface area (Å²) in [5.41, 5.74) is 0. The van der Waals surface area contributed by atoms with Crippen molar-refractivity contribution in [2.45, 2.75) is 0 Å². The second-order valence-electron chi connectivity index (χ2n) is 3.89. The Bertz CT molecular complexity index is 506. The van der Waals surface area contributed by atoms with Gasteiger partial charge in [-0.2, -0.15) is 0 Å². The molecule has 0 radical (unpaired) electrons. The molecule has 2 aliphatic carbocycles. The monoisotopic (exact) mass is 362 g/mol. The van der Waals surface area contributed by atoms with Crippen LogP contribution >= 0.6 is 0 Å². The van der Waals surface area contributed by atoms with Gasteiger partial charge in [0.05, 0.1) is 23.8 Å². The van der Waals surface area contributed by atoms with Crippen molar-refractivity contribution >= 4 is 69.0 Å². The molecule has 2 unspecified atom stereocenters. The van der Waals surface area contributed by atoms with Crippen molar-refractivity contribution in [3.05, 3.63) is 48.6 Å². The molecule has 2 aliphatic rings. The molecule has 0 fully saturated rings. The normalized spacial score (nSPS) is 22.1. The van der Waals surface area contributed by atoms with Gasteiger partial charge in [-0.3, -0.25) is 9.59 Å². The Morgan fingerprint density at radius 3 is 1.29 bits per heavy atom. The van der Waals surface area contributed by atoms with Gasteiger partial charge in [-0.1, -0.05) is 36.5 Å². The molecule has 0 aliphatic heterocycles. The molecule has 2 atom stereocenters. The van der Waals surface area contributed by atoms with Crippen LogP contribution in [0.15, 0.2) is 48.6 Å². The average molecular weight is 362 g/mol. The van der Waals surface area contributed by atoms with Gasteiger partial charge in [-0.15, -0.1) is 0 Å². The molecule has 0 amide bonds.